The van der Waals surface area contributed by atoms with Crippen LogP contribution < -0.4 is 0 Å². The molecule has 0 saturated heterocycles. The Hall–Kier alpha value is -3.53. The van der Waals surface area contributed by atoms with Crippen LogP contribution >= 0.6 is 0 Å². The Labute approximate surface area is 461 Å². The molecular formula is C66H116NO8+. The number of carbonyl (C=O) groups is 3. The van der Waals surface area contributed by atoms with Crippen molar-refractivity contribution in [3.05, 3.63) is 85.1 Å². The Balaban J connectivity index is 4.13. The summed E-state index contributed by atoms with van der Waals surface area (Å²) in [6, 6.07) is 0. The average molecular weight is 1050 g/mol. The number of nitrogens with zero attached hydrogens (tertiary/aromatic N) is 1. The number of unbranched alkanes of at least 4 members (excludes halogenated alkanes) is 27. The minimum atomic E-state index is -1.51. The van der Waals surface area contributed by atoms with Gasteiger partial charge in [-0.1, -0.05) is 240 Å². The van der Waals surface area contributed by atoms with Gasteiger partial charge in [0.05, 0.1) is 34.4 Å². The average Bonchev–Trinajstić information content (AvgIpc) is 3.38. The lowest BCUT2D eigenvalue weighted by Gasteiger charge is -2.25. The molecule has 0 radical (unpaired) electrons. The quantitative estimate of drug-likeness (QED) is 0.0211. The summed E-state index contributed by atoms with van der Waals surface area (Å²) < 4.78 is 22.9. The molecule has 0 rings (SSSR count). The van der Waals surface area contributed by atoms with E-state index in [9.17, 15) is 19.5 Å². The third-order valence-electron chi connectivity index (χ3n) is 13.1. The second-order valence-corrected chi connectivity index (χ2v) is 21.6. The van der Waals surface area contributed by atoms with Crippen molar-refractivity contribution in [1.29, 1.82) is 0 Å². The zero-order chi connectivity index (χ0) is 54.8. The minimum Gasteiger partial charge on any atom is -0.477 e. The fourth-order valence-electron chi connectivity index (χ4n) is 8.42. The minimum absolute atomic E-state index is 0.184. The molecule has 0 aromatic rings. The van der Waals surface area contributed by atoms with Gasteiger partial charge in [0.25, 0.3) is 6.29 Å². The van der Waals surface area contributed by atoms with E-state index in [-0.39, 0.29) is 32.2 Å². The summed E-state index contributed by atoms with van der Waals surface area (Å²) >= 11 is 0. The van der Waals surface area contributed by atoms with Crippen molar-refractivity contribution in [2.45, 2.75) is 270 Å². The van der Waals surface area contributed by atoms with Gasteiger partial charge < -0.3 is 28.5 Å². The van der Waals surface area contributed by atoms with Crippen LogP contribution in [0, 0.1) is 0 Å². The van der Waals surface area contributed by atoms with E-state index >= 15 is 0 Å². The van der Waals surface area contributed by atoms with Crippen LogP contribution in [0.1, 0.15) is 258 Å². The highest BCUT2D eigenvalue weighted by Gasteiger charge is 2.25. The molecular weight excluding hydrogens is 935 g/mol. The molecule has 0 aliphatic carbocycles. The van der Waals surface area contributed by atoms with E-state index in [1.807, 2.05) is 21.1 Å². The predicted molar refractivity (Wildman–Crippen MR) is 318 cm³/mol. The van der Waals surface area contributed by atoms with Gasteiger partial charge in [0.1, 0.15) is 13.2 Å². The number of hydrogen-bond acceptors (Lipinski definition) is 7. The molecule has 9 heteroatoms. The molecule has 0 spiro atoms. The summed E-state index contributed by atoms with van der Waals surface area (Å²) in [5.74, 6) is -2.01. The van der Waals surface area contributed by atoms with Gasteiger partial charge in [-0.15, -0.1) is 0 Å². The van der Waals surface area contributed by atoms with Crippen molar-refractivity contribution >= 4 is 17.9 Å². The standard InChI is InChI=1S/C66H115NO8/c1-6-8-10-12-14-16-18-20-22-24-25-26-27-28-29-30-31-32-33-34-35-36-37-38-39-41-43-45-47-49-51-53-55-57-64(69)75-62(61-74-66(65(70)71)72-59-58-67(3,4)5)60-73-63(68)56-54-52-50-48-46-44-42-40-23-21-19-17-15-13-11-9-7-2/h8,10,14-17,20-23,25-26,28-29,62,66H,6-7,9,11-13,18-19,24,27,30-61H2,1-5H3/p+1/b10-8-,16-14-,17-15-,22-20-,23-21-,26-25-,29-28-. The van der Waals surface area contributed by atoms with Crippen molar-refractivity contribution < 1.29 is 42.9 Å². The normalized spacial score (nSPS) is 13.3. The SMILES string of the molecule is CC/C=C\C/C=C\C/C=C\C/C=C\C/C=C\CCCCCCCCCCCCCCCCCCCC(=O)OC(COC(=O)CCCCCCCCC/C=C\C/C=C\CCCCC)COC(OCC[N+](C)(C)C)C(=O)O. The summed E-state index contributed by atoms with van der Waals surface area (Å²) in [4.78, 5) is 37.4. The first-order valence-electron chi connectivity index (χ1n) is 30.8. The molecule has 75 heavy (non-hydrogen) atoms. The zero-order valence-electron chi connectivity index (χ0n) is 49.2. The van der Waals surface area contributed by atoms with E-state index < -0.39 is 24.3 Å². The fraction of sp³-hybridized carbons (Fsp3) is 0.742. The summed E-state index contributed by atoms with van der Waals surface area (Å²) in [7, 11) is 5.97. The lowest BCUT2D eigenvalue weighted by molar-refractivity contribution is -0.870. The first kappa shape index (κ1) is 71.5. The molecule has 0 amide bonds. The molecule has 432 valence electrons. The largest absolute Gasteiger partial charge is 0.477 e. The molecule has 0 aromatic heterocycles. The Bertz CT molecular complexity index is 1500. The number of hydrogen-bond donors (Lipinski definition) is 1. The van der Waals surface area contributed by atoms with Crippen molar-refractivity contribution in [2.24, 2.45) is 0 Å². The Morgan fingerprint density at radius 3 is 1.13 bits per heavy atom. The van der Waals surface area contributed by atoms with E-state index in [1.54, 1.807) is 0 Å². The van der Waals surface area contributed by atoms with Crippen molar-refractivity contribution in [2.75, 3.05) is 47.5 Å². The molecule has 2 unspecified atom stereocenters. The van der Waals surface area contributed by atoms with Crippen LogP contribution in [0.3, 0.4) is 0 Å². The maximum atomic E-state index is 12.9. The van der Waals surface area contributed by atoms with Crippen molar-refractivity contribution in [3.8, 4) is 0 Å². The fourth-order valence-corrected chi connectivity index (χ4v) is 8.42. The van der Waals surface area contributed by atoms with Gasteiger partial charge in [0.2, 0.25) is 0 Å². The van der Waals surface area contributed by atoms with Gasteiger partial charge >= 0.3 is 17.9 Å². The molecule has 0 heterocycles. The van der Waals surface area contributed by atoms with Gasteiger partial charge in [-0.3, -0.25) is 9.59 Å². The maximum Gasteiger partial charge on any atom is 0.361 e. The second kappa shape index (κ2) is 56.7. The van der Waals surface area contributed by atoms with Crippen LogP contribution in [-0.4, -0.2) is 87.4 Å². The smallest absolute Gasteiger partial charge is 0.361 e. The third kappa shape index (κ3) is 58.0. The van der Waals surface area contributed by atoms with Crippen LogP contribution in [0.2, 0.25) is 0 Å². The maximum absolute atomic E-state index is 12.9. The highest BCUT2D eigenvalue weighted by molar-refractivity contribution is 5.71. The molecule has 9 nitrogen and oxygen atoms in total. The molecule has 1 N–H and O–H groups in total. The predicted octanol–water partition coefficient (Wildman–Crippen LogP) is 18.3. The molecule has 0 saturated carbocycles. The number of carboxylic acid groups (broad SMARTS) is 1. The van der Waals surface area contributed by atoms with Gasteiger partial charge in [-0.25, -0.2) is 4.79 Å². The third-order valence-corrected chi connectivity index (χ3v) is 13.1. The Morgan fingerprint density at radius 2 is 0.760 bits per heavy atom. The summed E-state index contributed by atoms with van der Waals surface area (Å²) in [5, 5.41) is 9.71. The topological polar surface area (TPSA) is 108 Å². The molecule has 0 fully saturated rings. The van der Waals surface area contributed by atoms with Crippen LogP contribution in [0.15, 0.2) is 85.1 Å². The van der Waals surface area contributed by atoms with E-state index in [4.69, 9.17) is 18.9 Å². The van der Waals surface area contributed by atoms with E-state index in [1.165, 1.54) is 141 Å². The van der Waals surface area contributed by atoms with E-state index in [0.717, 1.165) is 89.9 Å². The van der Waals surface area contributed by atoms with Crippen LogP contribution in [0.25, 0.3) is 0 Å². The second-order valence-electron chi connectivity index (χ2n) is 21.6. The number of likely N-dealkylation sites (N-methyl/N-ethyl adjacent to an activating group) is 1. The highest BCUT2D eigenvalue weighted by Crippen LogP contribution is 2.16. The summed E-state index contributed by atoms with van der Waals surface area (Å²) in [6.45, 7) is 4.74. The summed E-state index contributed by atoms with van der Waals surface area (Å²) in [6.07, 6.45) is 72.4. The van der Waals surface area contributed by atoms with Crippen LogP contribution in [0.4, 0.5) is 0 Å². The van der Waals surface area contributed by atoms with E-state index in [2.05, 4.69) is 98.9 Å². The van der Waals surface area contributed by atoms with Gasteiger partial charge in [-0.05, 0) is 89.9 Å². The molecule has 0 bridgehead atoms. The monoisotopic (exact) mass is 1050 g/mol. The Kier molecular flexibility index (Phi) is 54.0. The van der Waals surface area contributed by atoms with Crippen molar-refractivity contribution in [1.82, 2.24) is 0 Å². The molecule has 0 aliphatic heterocycles. The lowest BCUT2D eigenvalue weighted by atomic mass is 10.0. The number of allylic oxidation sites excluding steroid dienone is 14. The number of rotatable bonds is 56. The highest BCUT2D eigenvalue weighted by atomic mass is 16.7. The number of esters is 2. The first-order valence-corrected chi connectivity index (χ1v) is 30.8. The van der Waals surface area contributed by atoms with Crippen LogP contribution in [0.5, 0.6) is 0 Å². The van der Waals surface area contributed by atoms with Crippen molar-refractivity contribution in [3.63, 3.8) is 0 Å². The molecule has 0 aromatic carbocycles. The number of carbonyl (C=O) groups excluding carboxylic acids is 2. The number of carboxylic acids is 1. The number of aliphatic carboxylic acids is 1. The van der Waals surface area contributed by atoms with E-state index in [0.29, 0.717) is 17.4 Å². The summed E-state index contributed by atoms with van der Waals surface area (Å²) in [5.41, 5.74) is 0. The van der Waals surface area contributed by atoms with Gasteiger partial charge in [-0.2, -0.15) is 0 Å². The number of ether oxygens (including phenoxy) is 4. The molecule has 2 atom stereocenters. The first-order chi connectivity index (χ1) is 36.6. The molecule has 0 aliphatic rings. The number of quaternary nitrogens is 1. The van der Waals surface area contributed by atoms with Crippen LogP contribution in [-0.2, 0) is 33.3 Å². The Morgan fingerprint density at radius 1 is 0.413 bits per heavy atom. The van der Waals surface area contributed by atoms with Gasteiger partial charge in [0.15, 0.2) is 6.10 Å². The zero-order valence-corrected chi connectivity index (χ0v) is 49.2. The lowest BCUT2D eigenvalue weighted by Crippen LogP contribution is -2.40. The van der Waals surface area contributed by atoms with Gasteiger partial charge in [0, 0.05) is 12.8 Å².